The van der Waals surface area contributed by atoms with E-state index >= 15 is 0 Å². The third-order valence-corrected chi connectivity index (χ3v) is 4.53. The Kier molecular flexibility index (Phi) is 3.58. The van der Waals surface area contributed by atoms with Crippen LogP contribution in [-0.2, 0) is 0 Å². The highest BCUT2D eigenvalue weighted by atomic mass is 15.3. The van der Waals surface area contributed by atoms with Crippen LogP contribution >= 0.6 is 0 Å². The van der Waals surface area contributed by atoms with Gasteiger partial charge in [0.1, 0.15) is 0 Å². The number of rotatable bonds is 3. The van der Waals surface area contributed by atoms with Gasteiger partial charge in [0.05, 0.1) is 6.20 Å². The average Bonchev–Trinajstić information content (AvgIpc) is 3.01. The Morgan fingerprint density at radius 3 is 2.74 bits per heavy atom. The summed E-state index contributed by atoms with van der Waals surface area (Å²) in [4.78, 5) is 2.37. The molecule has 2 heterocycles. The lowest BCUT2D eigenvalue weighted by molar-refractivity contribution is 0.724. The van der Waals surface area contributed by atoms with Crippen LogP contribution in [0.25, 0.3) is 10.8 Å². The van der Waals surface area contributed by atoms with Crippen molar-refractivity contribution in [1.82, 2.24) is 10.2 Å². The third kappa shape index (κ3) is 2.72. The molecule has 0 bridgehead atoms. The second-order valence-electron chi connectivity index (χ2n) is 6.15. The highest BCUT2D eigenvalue weighted by Gasteiger charge is 2.23. The molecule has 4 nitrogen and oxygen atoms in total. The summed E-state index contributed by atoms with van der Waals surface area (Å²) in [6, 6.07) is 17.1. The molecule has 1 aliphatic rings. The van der Waals surface area contributed by atoms with Gasteiger partial charge in [0, 0.05) is 34.7 Å². The standard InChI is InChI=1S/C19H20N4/c1-14-6-5-11-23(14)19-18-10-9-17(12-15(18)13-20-22-19)21-16-7-3-2-4-8-16/h2-4,7-10,12-14,21H,5-6,11H2,1H3. The van der Waals surface area contributed by atoms with E-state index in [1.165, 1.54) is 18.2 Å². The lowest BCUT2D eigenvalue weighted by Crippen LogP contribution is -2.27. The molecule has 0 radical (unpaired) electrons. The predicted octanol–water partition coefficient (Wildman–Crippen LogP) is 4.36. The minimum absolute atomic E-state index is 0.539. The molecule has 2 aromatic carbocycles. The van der Waals surface area contributed by atoms with E-state index in [1.807, 2.05) is 24.4 Å². The lowest BCUT2D eigenvalue weighted by atomic mass is 10.1. The molecule has 1 atom stereocenters. The summed E-state index contributed by atoms with van der Waals surface area (Å²) < 4.78 is 0. The van der Waals surface area contributed by atoms with Crippen molar-refractivity contribution in [2.75, 3.05) is 16.8 Å². The van der Waals surface area contributed by atoms with Crippen LogP contribution in [0.4, 0.5) is 17.2 Å². The molecule has 1 saturated heterocycles. The lowest BCUT2D eigenvalue weighted by Gasteiger charge is -2.23. The average molecular weight is 304 g/mol. The maximum Gasteiger partial charge on any atom is 0.159 e. The van der Waals surface area contributed by atoms with Gasteiger partial charge in [0.2, 0.25) is 0 Å². The summed E-state index contributed by atoms with van der Waals surface area (Å²) in [5.74, 6) is 1.01. The first-order chi connectivity index (χ1) is 11.3. The fraction of sp³-hybridized carbons (Fsp3) is 0.263. The van der Waals surface area contributed by atoms with Gasteiger partial charge in [-0.15, -0.1) is 5.10 Å². The van der Waals surface area contributed by atoms with Crippen molar-refractivity contribution in [1.29, 1.82) is 0 Å². The van der Waals surface area contributed by atoms with Crippen molar-refractivity contribution >= 4 is 28.0 Å². The molecule has 0 aliphatic carbocycles. The molecule has 4 rings (SSSR count). The van der Waals surface area contributed by atoms with E-state index < -0.39 is 0 Å². The molecule has 1 unspecified atom stereocenters. The number of para-hydroxylation sites is 1. The van der Waals surface area contributed by atoms with Gasteiger partial charge < -0.3 is 10.2 Å². The van der Waals surface area contributed by atoms with E-state index in [0.29, 0.717) is 6.04 Å². The molecule has 0 spiro atoms. The van der Waals surface area contributed by atoms with E-state index in [2.05, 4.69) is 57.7 Å². The van der Waals surface area contributed by atoms with Gasteiger partial charge in [0.15, 0.2) is 5.82 Å². The van der Waals surface area contributed by atoms with Gasteiger partial charge in [0.25, 0.3) is 0 Å². The van der Waals surface area contributed by atoms with Crippen LogP contribution in [0, 0.1) is 0 Å². The molecule has 0 amide bonds. The Bertz CT molecular complexity index is 816. The first-order valence-electron chi connectivity index (χ1n) is 8.15. The Hall–Kier alpha value is -2.62. The number of benzene rings is 2. The molecule has 4 heteroatoms. The van der Waals surface area contributed by atoms with Crippen LogP contribution in [0.5, 0.6) is 0 Å². The number of nitrogens with one attached hydrogen (secondary N) is 1. The maximum absolute atomic E-state index is 4.41. The van der Waals surface area contributed by atoms with Crippen molar-refractivity contribution in [3.63, 3.8) is 0 Å². The third-order valence-electron chi connectivity index (χ3n) is 4.53. The summed E-state index contributed by atoms with van der Waals surface area (Å²) >= 11 is 0. The van der Waals surface area contributed by atoms with E-state index in [1.54, 1.807) is 0 Å². The number of aromatic nitrogens is 2. The molecule has 0 saturated carbocycles. The molecule has 1 aliphatic heterocycles. The molecule has 23 heavy (non-hydrogen) atoms. The molecule has 3 aromatic rings. The smallest absolute Gasteiger partial charge is 0.159 e. The number of hydrogen-bond acceptors (Lipinski definition) is 4. The number of nitrogens with zero attached hydrogens (tertiary/aromatic N) is 3. The summed E-state index contributed by atoms with van der Waals surface area (Å²) in [5.41, 5.74) is 2.15. The zero-order chi connectivity index (χ0) is 15.6. The van der Waals surface area contributed by atoms with Crippen LogP contribution in [0.15, 0.2) is 54.7 Å². The number of fused-ring (bicyclic) bond motifs is 1. The zero-order valence-electron chi connectivity index (χ0n) is 13.2. The van der Waals surface area contributed by atoms with Crippen LogP contribution in [-0.4, -0.2) is 22.8 Å². The van der Waals surface area contributed by atoms with Crippen molar-refractivity contribution in [2.45, 2.75) is 25.8 Å². The van der Waals surface area contributed by atoms with Gasteiger partial charge in [-0.1, -0.05) is 18.2 Å². The fourth-order valence-electron chi connectivity index (χ4n) is 3.30. The van der Waals surface area contributed by atoms with E-state index in [4.69, 9.17) is 0 Å². The Morgan fingerprint density at radius 2 is 1.96 bits per heavy atom. The number of anilines is 3. The Labute approximate surface area is 136 Å². The van der Waals surface area contributed by atoms with Crippen LogP contribution in [0.3, 0.4) is 0 Å². The van der Waals surface area contributed by atoms with Crippen molar-refractivity contribution < 1.29 is 0 Å². The Balaban J connectivity index is 1.70. The van der Waals surface area contributed by atoms with Crippen molar-refractivity contribution in [3.05, 3.63) is 54.7 Å². The fourth-order valence-corrected chi connectivity index (χ4v) is 3.30. The summed E-state index contributed by atoms with van der Waals surface area (Å²) in [5, 5.41) is 14.4. The zero-order valence-corrected chi connectivity index (χ0v) is 13.2. The summed E-state index contributed by atoms with van der Waals surface area (Å²) in [7, 11) is 0. The van der Waals surface area contributed by atoms with Gasteiger partial charge >= 0.3 is 0 Å². The highest BCUT2D eigenvalue weighted by Crippen LogP contribution is 2.31. The molecule has 116 valence electrons. The van der Waals surface area contributed by atoms with Gasteiger partial charge in [-0.2, -0.15) is 5.10 Å². The van der Waals surface area contributed by atoms with Crippen molar-refractivity contribution in [2.24, 2.45) is 0 Å². The van der Waals surface area contributed by atoms with Crippen molar-refractivity contribution in [3.8, 4) is 0 Å². The monoisotopic (exact) mass is 304 g/mol. The SMILES string of the molecule is CC1CCCN1c1nncc2cc(Nc3ccccc3)ccc12. The first-order valence-corrected chi connectivity index (χ1v) is 8.15. The van der Waals surface area contributed by atoms with Crippen LogP contribution < -0.4 is 10.2 Å². The van der Waals surface area contributed by atoms with E-state index in [-0.39, 0.29) is 0 Å². The van der Waals surface area contributed by atoms with Crippen LogP contribution in [0.2, 0.25) is 0 Å². The normalized spacial score (nSPS) is 17.6. The molecular weight excluding hydrogens is 284 g/mol. The van der Waals surface area contributed by atoms with Crippen LogP contribution in [0.1, 0.15) is 19.8 Å². The van der Waals surface area contributed by atoms with E-state index in [9.17, 15) is 0 Å². The predicted molar refractivity (Wildman–Crippen MR) is 95.3 cm³/mol. The minimum Gasteiger partial charge on any atom is -0.356 e. The molecule has 1 N–H and O–H groups in total. The molecule has 1 aromatic heterocycles. The second-order valence-corrected chi connectivity index (χ2v) is 6.15. The molecule has 1 fully saturated rings. The van der Waals surface area contributed by atoms with Gasteiger partial charge in [-0.3, -0.25) is 0 Å². The van der Waals surface area contributed by atoms with E-state index in [0.717, 1.165) is 29.1 Å². The maximum atomic E-state index is 4.41. The summed E-state index contributed by atoms with van der Waals surface area (Å²) in [6.07, 6.45) is 4.30. The van der Waals surface area contributed by atoms with Gasteiger partial charge in [-0.05, 0) is 50.1 Å². The summed E-state index contributed by atoms with van der Waals surface area (Å²) in [6.45, 7) is 3.33. The first kappa shape index (κ1) is 14.0. The van der Waals surface area contributed by atoms with Gasteiger partial charge in [-0.25, -0.2) is 0 Å². The topological polar surface area (TPSA) is 41.1 Å². The number of hydrogen-bond donors (Lipinski definition) is 1. The Morgan fingerprint density at radius 1 is 1.09 bits per heavy atom. The largest absolute Gasteiger partial charge is 0.356 e. The quantitative estimate of drug-likeness (QED) is 0.780. The highest BCUT2D eigenvalue weighted by molar-refractivity contribution is 5.94. The second kappa shape index (κ2) is 5.88. The molecular formula is C19H20N4. The minimum atomic E-state index is 0.539.